The van der Waals surface area contributed by atoms with E-state index in [1.54, 1.807) is 0 Å². The van der Waals surface area contributed by atoms with Crippen molar-refractivity contribution in [3.63, 3.8) is 0 Å². The third-order valence-corrected chi connectivity index (χ3v) is 6.36. The van der Waals surface area contributed by atoms with Crippen molar-refractivity contribution in [1.29, 1.82) is 0 Å². The van der Waals surface area contributed by atoms with Crippen LogP contribution in [0, 0.1) is 5.92 Å². The first-order valence-electron chi connectivity index (χ1n) is 7.61. The first-order valence-corrected chi connectivity index (χ1v) is 8.84. The number of hydrogen-bond acceptors (Lipinski definition) is 3. The van der Waals surface area contributed by atoms with Gasteiger partial charge in [0, 0.05) is 11.3 Å². The van der Waals surface area contributed by atoms with Crippen LogP contribution in [0.3, 0.4) is 0 Å². The van der Waals surface area contributed by atoms with Gasteiger partial charge in [-0.15, -0.1) is 0 Å². The molecule has 0 radical (unpaired) electrons. The van der Waals surface area contributed by atoms with E-state index in [1.165, 1.54) is 25.7 Å². The predicted molar refractivity (Wildman–Crippen MR) is 80.2 cm³/mol. The van der Waals surface area contributed by atoms with Crippen molar-refractivity contribution in [3.8, 4) is 0 Å². The number of rotatable bonds is 4. The Bertz CT molecular complexity index is 372. The van der Waals surface area contributed by atoms with Crippen LogP contribution in [0.5, 0.6) is 0 Å². The van der Waals surface area contributed by atoms with Crippen LogP contribution in [-0.2, 0) is 4.79 Å². The summed E-state index contributed by atoms with van der Waals surface area (Å²) < 4.78 is 0.147. The summed E-state index contributed by atoms with van der Waals surface area (Å²) in [5.41, 5.74) is -0.151. The Labute approximate surface area is 120 Å². The van der Waals surface area contributed by atoms with E-state index in [2.05, 4.69) is 30.3 Å². The van der Waals surface area contributed by atoms with Crippen LogP contribution in [0.4, 0.5) is 0 Å². The summed E-state index contributed by atoms with van der Waals surface area (Å²) in [6.45, 7) is 5.37. The summed E-state index contributed by atoms with van der Waals surface area (Å²) >= 11 is 1.86. The highest BCUT2D eigenvalue weighted by Gasteiger charge is 2.60. The Kier molecular flexibility index (Phi) is 3.37. The van der Waals surface area contributed by atoms with E-state index in [0.29, 0.717) is 18.0 Å². The van der Waals surface area contributed by atoms with Gasteiger partial charge in [0.05, 0.1) is 11.7 Å². The van der Waals surface area contributed by atoms with Crippen molar-refractivity contribution in [2.45, 2.75) is 68.8 Å². The number of thioether (sulfide) groups is 1. The summed E-state index contributed by atoms with van der Waals surface area (Å²) in [4.78, 5) is 14.9. The molecule has 1 atom stereocenters. The molecule has 3 fully saturated rings. The van der Waals surface area contributed by atoms with Gasteiger partial charge >= 0.3 is 0 Å². The van der Waals surface area contributed by atoms with Crippen molar-refractivity contribution < 1.29 is 4.79 Å². The summed E-state index contributed by atoms with van der Waals surface area (Å²) in [7, 11) is 0. The molecule has 3 aliphatic rings. The number of carbonyl (C=O) groups is 1. The molecule has 1 aliphatic heterocycles. The van der Waals surface area contributed by atoms with Gasteiger partial charge in [-0.05, 0) is 51.7 Å². The highest BCUT2D eigenvalue weighted by atomic mass is 32.2. The lowest BCUT2D eigenvalue weighted by molar-refractivity contribution is -0.131. The number of hydrogen-bond donors (Lipinski definition) is 1. The van der Waals surface area contributed by atoms with Crippen molar-refractivity contribution in [1.82, 2.24) is 10.2 Å². The third-order valence-electron chi connectivity index (χ3n) is 5.13. The molecule has 2 aliphatic carbocycles. The van der Waals surface area contributed by atoms with E-state index in [1.807, 2.05) is 11.8 Å². The number of amides is 1. The molecule has 3 nitrogen and oxygen atoms in total. The summed E-state index contributed by atoms with van der Waals surface area (Å²) in [6, 6.07) is 0. The van der Waals surface area contributed by atoms with Gasteiger partial charge in [-0.2, -0.15) is 11.8 Å². The molecule has 1 saturated heterocycles. The topological polar surface area (TPSA) is 32.3 Å². The lowest BCUT2D eigenvalue weighted by Gasteiger charge is -2.34. The molecule has 0 bridgehead atoms. The molecule has 1 N–H and O–H groups in total. The van der Waals surface area contributed by atoms with Crippen molar-refractivity contribution in [3.05, 3.63) is 0 Å². The van der Waals surface area contributed by atoms with Gasteiger partial charge in [0.1, 0.15) is 0 Å². The molecular formula is C15H26N2OS. The van der Waals surface area contributed by atoms with Gasteiger partial charge in [-0.3, -0.25) is 10.1 Å². The molecule has 1 amide bonds. The van der Waals surface area contributed by atoms with E-state index in [0.717, 1.165) is 19.4 Å². The van der Waals surface area contributed by atoms with Crippen LogP contribution in [-0.4, -0.2) is 40.1 Å². The summed E-state index contributed by atoms with van der Waals surface area (Å²) in [5, 5.41) is 3.70. The average molecular weight is 282 g/mol. The van der Waals surface area contributed by atoms with E-state index < -0.39 is 0 Å². The monoisotopic (exact) mass is 282 g/mol. The second-order valence-corrected chi connectivity index (χ2v) is 8.63. The first-order chi connectivity index (χ1) is 8.97. The number of carbonyl (C=O) groups excluding carboxylic acids is 1. The van der Waals surface area contributed by atoms with Crippen LogP contribution in [0.2, 0.25) is 0 Å². The van der Waals surface area contributed by atoms with Crippen LogP contribution in [0.25, 0.3) is 0 Å². The zero-order chi connectivity index (χ0) is 13.7. The first kappa shape index (κ1) is 13.7. The molecule has 4 heteroatoms. The van der Waals surface area contributed by atoms with Crippen LogP contribution < -0.4 is 5.32 Å². The largest absolute Gasteiger partial charge is 0.324 e. The Morgan fingerprint density at radius 1 is 1.37 bits per heavy atom. The lowest BCUT2D eigenvalue weighted by atomic mass is 10.0. The predicted octanol–water partition coefficient (Wildman–Crippen LogP) is 2.61. The Morgan fingerprint density at radius 2 is 2.00 bits per heavy atom. The Balaban J connectivity index is 1.78. The fourth-order valence-corrected chi connectivity index (χ4v) is 3.87. The normalized spacial score (nSPS) is 30.6. The second-order valence-electron chi connectivity index (χ2n) is 7.11. The number of nitrogens with zero attached hydrogens (tertiary/aromatic N) is 1. The lowest BCUT2D eigenvalue weighted by Crippen LogP contribution is -2.47. The maximum atomic E-state index is 12.7. The second kappa shape index (κ2) is 4.66. The van der Waals surface area contributed by atoms with Crippen molar-refractivity contribution in [2.24, 2.45) is 5.92 Å². The van der Waals surface area contributed by atoms with Crippen LogP contribution in [0.1, 0.15) is 52.4 Å². The third kappa shape index (κ3) is 2.42. The van der Waals surface area contributed by atoms with Crippen molar-refractivity contribution in [2.75, 3.05) is 12.8 Å². The minimum absolute atomic E-state index is 0.147. The van der Waals surface area contributed by atoms with Crippen LogP contribution >= 0.6 is 11.8 Å². The molecule has 108 valence electrons. The molecule has 1 heterocycles. The molecular weight excluding hydrogens is 256 g/mol. The number of nitrogens with one attached hydrogen (secondary N) is 1. The fraction of sp³-hybridized carbons (Fsp3) is 0.933. The van der Waals surface area contributed by atoms with Gasteiger partial charge in [0.25, 0.3) is 0 Å². The van der Waals surface area contributed by atoms with Gasteiger partial charge in [0.2, 0.25) is 5.91 Å². The quantitative estimate of drug-likeness (QED) is 0.860. The molecule has 1 spiro atoms. The smallest absolute Gasteiger partial charge is 0.244 e. The zero-order valence-corrected chi connectivity index (χ0v) is 13.2. The molecule has 0 aromatic heterocycles. The highest BCUT2D eigenvalue weighted by molar-refractivity contribution is 7.99. The Morgan fingerprint density at radius 3 is 2.53 bits per heavy atom. The van der Waals surface area contributed by atoms with Gasteiger partial charge < -0.3 is 4.90 Å². The van der Waals surface area contributed by atoms with Crippen LogP contribution in [0.15, 0.2) is 0 Å². The molecule has 0 aromatic carbocycles. The van der Waals surface area contributed by atoms with Gasteiger partial charge in [0.15, 0.2) is 0 Å². The summed E-state index contributed by atoms with van der Waals surface area (Å²) in [5.74, 6) is 1.06. The average Bonchev–Trinajstić information content (AvgIpc) is 2.86. The van der Waals surface area contributed by atoms with Gasteiger partial charge in [-0.25, -0.2) is 0 Å². The maximum absolute atomic E-state index is 12.7. The minimum Gasteiger partial charge on any atom is -0.324 e. The maximum Gasteiger partial charge on any atom is 0.244 e. The standard InChI is InChI=1S/C15H26N2OS/c1-14(2,19-3)10-17-12(11-6-4-5-7-11)16-15(8-9-15)13(17)18/h11-12,16H,4-10H2,1-3H3. The van der Waals surface area contributed by atoms with E-state index in [9.17, 15) is 4.79 Å². The Hall–Kier alpha value is -0.220. The van der Waals surface area contributed by atoms with E-state index in [4.69, 9.17) is 0 Å². The summed E-state index contributed by atoms with van der Waals surface area (Å²) in [6.07, 6.45) is 9.80. The molecule has 19 heavy (non-hydrogen) atoms. The molecule has 0 aromatic rings. The van der Waals surface area contributed by atoms with Crippen molar-refractivity contribution >= 4 is 17.7 Å². The molecule has 2 saturated carbocycles. The zero-order valence-electron chi connectivity index (χ0n) is 12.4. The SMILES string of the molecule is CSC(C)(C)CN1C(=O)C2(CC2)NC1C1CCCC1. The highest BCUT2D eigenvalue weighted by Crippen LogP contribution is 2.46. The fourth-order valence-electron chi connectivity index (χ4n) is 3.60. The van der Waals surface area contributed by atoms with E-state index in [-0.39, 0.29) is 10.3 Å². The van der Waals surface area contributed by atoms with E-state index >= 15 is 0 Å². The molecule has 1 unspecified atom stereocenters. The molecule has 3 rings (SSSR count). The minimum atomic E-state index is -0.151. The van der Waals surface area contributed by atoms with Gasteiger partial charge in [-0.1, -0.05) is 12.8 Å².